The summed E-state index contributed by atoms with van der Waals surface area (Å²) in [7, 11) is 0. The molecule has 0 amide bonds. The summed E-state index contributed by atoms with van der Waals surface area (Å²) >= 11 is 25.0. The number of ketones is 1. The van der Waals surface area contributed by atoms with Crippen LogP contribution in [-0.4, -0.2) is 5.78 Å². The summed E-state index contributed by atoms with van der Waals surface area (Å²) in [6, 6.07) is 10.6. The lowest BCUT2D eigenvalue weighted by Gasteiger charge is -2.09. The van der Waals surface area contributed by atoms with Gasteiger partial charge in [-0.3, -0.25) is 4.79 Å². The number of allylic oxidation sites excluding steroid dienone is 2. The molecule has 0 unspecified atom stereocenters. The number of benzene rings is 2. The Morgan fingerprint density at radius 1 is 0.654 bits per heavy atom. The van der Waals surface area contributed by atoms with E-state index in [0.29, 0.717) is 55.2 Å². The molecule has 0 atom stereocenters. The number of carbonyl (C=O) groups is 1. The van der Waals surface area contributed by atoms with E-state index in [0.717, 1.165) is 12.8 Å². The molecule has 1 nitrogen and oxygen atoms in total. The van der Waals surface area contributed by atoms with Crippen LogP contribution in [0.4, 0.5) is 0 Å². The van der Waals surface area contributed by atoms with Crippen molar-refractivity contribution < 1.29 is 4.79 Å². The molecule has 0 bridgehead atoms. The van der Waals surface area contributed by atoms with Gasteiger partial charge in [0.15, 0.2) is 5.78 Å². The lowest BCUT2D eigenvalue weighted by atomic mass is 9.98. The fourth-order valence-electron chi connectivity index (χ4n) is 2.99. The van der Waals surface area contributed by atoms with Crippen LogP contribution in [0, 0.1) is 0 Å². The van der Waals surface area contributed by atoms with Gasteiger partial charge in [0.2, 0.25) is 0 Å². The Labute approximate surface area is 173 Å². The highest BCUT2D eigenvalue weighted by Crippen LogP contribution is 2.33. The zero-order valence-corrected chi connectivity index (χ0v) is 16.9. The van der Waals surface area contributed by atoms with Crippen LogP contribution in [0.1, 0.15) is 36.8 Å². The monoisotopic (exact) mass is 424 g/mol. The van der Waals surface area contributed by atoms with Gasteiger partial charge in [0.05, 0.1) is 0 Å². The fourth-order valence-corrected chi connectivity index (χ4v) is 4.00. The number of Topliss-reactive ketones (excluding diaryl/α,β-unsaturated/α-hetero) is 1. The van der Waals surface area contributed by atoms with Crippen molar-refractivity contribution in [2.24, 2.45) is 0 Å². The van der Waals surface area contributed by atoms with Gasteiger partial charge >= 0.3 is 0 Å². The molecule has 0 saturated heterocycles. The van der Waals surface area contributed by atoms with Crippen molar-refractivity contribution in [1.82, 2.24) is 0 Å². The van der Waals surface area contributed by atoms with Crippen molar-refractivity contribution in [2.75, 3.05) is 0 Å². The molecule has 1 aliphatic rings. The van der Waals surface area contributed by atoms with Gasteiger partial charge in [-0.05, 0) is 62.1 Å². The first-order valence-electron chi connectivity index (χ1n) is 8.31. The Bertz CT molecular complexity index is 798. The number of carbonyl (C=O) groups excluding carboxylic acids is 1. The zero-order valence-electron chi connectivity index (χ0n) is 13.9. The summed E-state index contributed by atoms with van der Waals surface area (Å²) in [6.07, 6.45) is 6.84. The van der Waals surface area contributed by atoms with E-state index in [1.54, 1.807) is 48.6 Å². The van der Waals surface area contributed by atoms with Crippen molar-refractivity contribution >= 4 is 64.3 Å². The van der Waals surface area contributed by atoms with E-state index in [4.69, 9.17) is 46.4 Å². The third-order valence-electron chi connectivity index (χ3n) is 4.36. The molecule has 1 aliphatic carbocycles. The van der Waals surface area contributed by atoms with Gasteiger partial charge in [-0.2, -0.15) is 0 Å². The first kappa shape index (κ1) is 19.5. The Morgan fingerprint density at radius 3 is 1.35 bits per heavy atom. The molecule has 2 aromatic carbocycles. The van der Waals surface area contributed by atoms with Crippen molar-refractivity contribution in [3.8, 4) is 0 Å². The van der Waals surface area contributed by atoms with Crippen LogP contribution in [0.2, 0.25) is 20.1 Å². The number of halogens is 4. The van der Waals surface area contributed by atoms with Crippen molar-refractivity contribution in [2.45, 2.75) is 25.7 Å². The molecule has 0 radical (unpaired) electrons. The van der Waals surface area contributed by atoms with E-state index < -0.39 is 0 Å². The van der Waals surface area contributed by atoms with E-state index >= 15 is 0 Å². The summed E-state index contributed by atoms with van der Waals surface area (Å²) in [6.45, 7) is 0. The molecule has 1 fully saturated rings. The van der Waals surface area contributed by atoms with Gasteiger partial charge in [-0.25, -0.2) is 0 Å². The van der Waals surface area contributed by atoms with Crippen molar-refractivity contribution in [3.05, 3.63) is 78.8 Å². The first-order valence-corrected chi connectivity index (χ1v) is 9.82. The smallest absolute Gasteiger partial charge is 0.185 e. The predicted octanol–water partition coefficient (Wildman–Crippen LogP) is 7.91. The summed E-state index contributed by atoms with van der Waals surface area (Å²) in [5, 5.41) is 2.12. The van der Waals surface area contributed by atoms with Crippen LogP contribution in [0.3, 0.4) is 0 Å². The van der Waals surface area contributed by atoms with Crippen molar-refractivity contribution in [3.63, 3.8) is 0 Å². The third-order valence-corrected chi connectivity index (χ3v) is 5.68. The van der Waals surface area contributed by atoms with Gasteiger partial charge < -0.3 is 0 Å². The van der Waals surface area contributed by atoms with E-state index in [1.165, 1.54) is 0 Å². The Balaban J connectivity index is 2.03. The summed E-state index contributed by atoms with van der Waals surface area (Å²) in [5.74, 6) is -0.00512. The van der Waals surface area contributed by atoms with E-state index in [-0.39, 0.29) is 5.78 Å². The Hall–Kier alpha value is -1.25. The Kier molecular flexibility index (Phi) is 6.47. The van der Waals surface area contributed by atoms with Crippen LogP contribution < -0.4 is 0 Å². The van der Waals surface area contributed by atoms with Gasteiger partial charge in [0, 0.05) is 42.4 Å². The maximum Gasteiger partial charge on any atom is 0.185 e. The summed E-state index contributed by atoms with van der Waals surface area (Å²) < 4.78 is 0. The maximum atomic E-state index is 13.1. The second-order valence-electron chi connectivity index (χ2n) is 6.15. The molecule has 26 heavy (non-hydrogen) atoms. The van der Waals surface area contributed by atoms with E-state index in [9.17, 15) is 4.79 Å². The molecular weight excluding hydrogens is 410 g/mol. The van der Waals surface area contributed by atoms with Crippen LogP contribution >= 0.6 is 46.4 Å². The molecule has 0 aromatic heterocycles. The zero-order chi connectivity index (χ0) is 18.7. The second-order valence-corrected chi connectivity index (χ2v) is 7.77. The normalized spacial score (nSPS) is 18.4. The average molecular weight is 426 g/mol. The highest BCUT2D eigenvalue weighted by Gasteiger charge is 2.20. The number of hydrogen-bond acceptors (Lipinski definition) is 1. The maximum absolute atomic E-state index is 13.1. The average Bonchev–Trinajstić information content (AvgIpc) is 2.77. The van der Waals surface area contributed by atoms with Crippen LogP contribution in [0.25, 0.3) is 12.2 Å². The number of hydrogen-bond donors (Lipinski definition) is 0. The molecule has 1 saturated carbocycles. The minimum Gasteiger partial charge on any atom is -0.289 e. The predicted molar refractivity (Wildman–Crippen MR) is 112 cm³/mol. The largest absolute Gasteiger partial charge is 0.289 e. The van der Waals surface area contributed by atoms with Gasteiger partial charge in [-0.1, -0.05) is 58.5 Å². The summed E-state index contributed by atoms with van der Waals surface area (Å²) in [4.78, 5) is 13.1. The minimum atomic E-state index is -0.00512. The third kappa shape index (κ3) is 4.35. The van der Waals surface area contributed by atoms with Crippen molar-refractivity contribution in [1.29, 1.82) is 0 Å². The van der Waals surface area contributed by atoms with Gasteiger partial charge in [0.25, 0.3) is 0 Å². The molecule has 2 aromatic rings. The molecule has 0 spiro atoms. The highest BCUT2D eigenvalue weighted by atomic mass is 35.5. The quantitative estimate of drug-likeness (QED) is 0.352. The molecule has 3 rings (SSSR count). The molecule has 0 N–H and O–H groups in total. The van der Waals surface area contributed by atoms with Crippen LogP contribution in [0.5, 0.6) is 0 Å². The fraction of sp³-hybridized carbons (Fsp3) is 0.190. The standard InChI is InChI=1S/C21H16Cl4O/c22-17-7-3-8-18(23)15(17)11-13-5-1-2-6-14(21(13)26)12-16-19(24)9-4-10-20(16)25/h3-4,7-12H,1-2,5-6H2. The van der Waals surface area contributed by atoms with Gasteiger partial charge in [-0.15, -0.1) is 0 Å². The molecule has 134 valence electrons. The van der Waals surface area contributed by atoms with E-state index in [1.807, 2.05) is 0 Å². The van der Waals surface area contributed by atoms with E-state index in [2.05, 4.69) is 0 Å². The van der Waals surface area contributed by atoms with Crippen LogP contribution in [0.15, 0.2) is 47.5 Å². The lowest BCUT2D eigenvalue weighted by Crippen LogP contribution is -2.04. The molecule has 0 aliphatic heterocycles. The summed E-state index contributed by atoms with van der Waals surface area (Å²) in [5.41, 5.74) is 2.76. The van der Waals surface area contributed by atoms with Crippen LogP contribution in [-0.2, 0) is 4.79 Å². The topological polar surface area (TPSA) is 17.1 Å². The molecular formula is C21H16Cl4O. The molecule has 5 heteroatoms. The first-order chi connectivity index (χ1) is 12.5. The molecule has 0 heterocycles. The SMILES string of the molecule is O=C1C(=Cc2c(Cl)cccc2Cl)CCCCC1=Cc1c(Cl)cccc1Cl. The lowest BCUT2D eigenvalue weighted by molar-refractivity contribution is -0.112. The Morgan fingerprint density at radius 2 is 1.00 bits per heavy atom. The highest BCUT2D eigenvalue weighted by molar-refractivity contribution is 6.38. The number of rotatable bonds is 2. The minimum absolute atomic E-state index is 0.00512. The second kappa shape index (κ2) is 8.63. The van der Waals surface area contributed by atoms with Gasteiger partial charge in [0.1, 0.15) is 0 Å².